The minimum Gasteiger partial charge on any atom is -0.166 e. The van der Waals surface area contributed by atoms with Crippen molar-refractivity contribution in [1.82, 2.24) is 0 Å². The molecule has 242 valence electrons. The molecule has 0 saturated carbocycles. The normalized spacial score (nSPS) is 12.2. The van der Waals surface area contributed by atoms with Crippen molar-refractivity contribution < 1.29 is 13.2 Å². The minimum atomic E-state index is -4.50. The number of alkyl halides is 3. The van der Waals surface area contributed by atoms with Gasteiger partial charge in [0, 0.05) is 20.2 Å². The van der Waals surface area contributed by atoms with Gasteiger partial charge < -0.3 is 0 Å². The minimum absolute atomic E-state index is 0.215. The van der Waals surface area contributed by atoms with Gasteiger partial charge in [0.05, 0.1) is 5.56 Å². The quantitative estimate of drug-likeness (QED) is 0.163. The van der Waals surface area contributed by atoms with Crippen LogP contribution in [0.3, 0.4) is 0 Å². The van der Waals surface area contributed by atoms with Crippen molar-refractivity contribution in [2.24, 2.45) is 0 Å². The third-order valence-electron chi connectivity index (χ3n) is 10.3. The molecule has 1 heterocycles. The summed E-state index contributed by atoms with van der Waals surface area (Å²) in [7, 11) is 0. The summed E-state index contributed by atoms with van der Waals surface area (Å²) in [4.78, 5) is 0. The van der Waals surface area contributed by atoms with Crippen molar-refractivity contribution in [2.45, 2.75) is 6.18 Å². The van der Waals surface area contributed by atoms with Crippen molar-refractivity contribution in [1.29, 1.82) is 0 Å². The molecule has 0 saturated heterocycles. The molecule has 9 aromatic carbocycles. The van der Waals surface area contributed by atoms with Crippen LogP contribution in [0.2, 0.25) is 0 Å². The molecule has 4 heteroatoms. The van der Waals surface area contributed by atoms with E-state index in [4.69, 9.17) is 0 Å². The third-order valence-corrected chi connectivity index (χ3v) is 11.4. The number of halogens is 3. The van der Waals surface area contributed by atoms with Gasteiger partial charge in [0.1, 0.15) is 0 Å². The maximum absolute atomic E-state index is 14.7. The highest BCUT2D eigenvalue weighted by atomic mass is 32.1. The van der Waals surface area contributed by atoms with Crippen LogP contribution < -0.4 is 0 Å². The SMILES string of the molecule is FC(F)(F)c1c2ccccc2c(-c2cccc3sc4ccc(-c5c6ccccc6c(-c6ccccc6)c6ccccc56)cc4c23)c2ccccc12. The molecule has 0 aliphatic carbocycles. The lowest BCUT2D eigenvalue weighted by molar-refractivity contribution is -0.135. The Morgan fingerprint density at radius 3 is 1.35 bits per heavy atom. The van der Waals surface area contributed by atoms with Gasteiger partial charge in [0.15, 0.2) is 0 Å². The lowest BCUT2D eigenvalue weighted by atomic mass is 9.85. The van der Waals surface area contributed by atoms with Crippen molar-refractivity contribution in [3.63, 3.8) is 0 Å². The van der Waals surface area contributed by atoms with Crippen LogP contribution in [0.15, 0.2) is 164 Å². The Bertz CT molecular complexity index is 2890. The molecule has 10 rings (SSSR count). The van der Waals surface area contributed by atoms with Crippen LogP contribution in [0.5, 0.6) is 0 Å². The molecule has 0 aliphatic heterocycles. The van der Waals surface area contributed by atoms with Crippen molar-refractivity contribution in [3.05, 3.63) is 169 Å². The van der Waals surface area contributed by atoms with Gasteiger partial charge in [0.2, 0.25) is 0 Å². The number of rotatable bonds is 3. The fourth-order valence-corrected chi connectivity index (χ4v) is 9.38. The lowest BCUT2D eigenvalue weighted by Crippen LogP contribution is -2.07. The third kappa shape index (κ3) is 4.53. The van der Waals surface area contributed by atoms with Gasteiger partial charge >= 0.3 is 6.18 Å². The van der Waals surface area contributed by atoms with E-state index >= 15 is 0 Å². The lowest BCUT2D eigenvalue weighted by Gasteiger charge is -2.19. The maximum atomic E-state index is 14.7. The number of thiophene rings is 1. The molecule has 1 aromatic heterocycles. The van der Waals surface area contributed by atoms with Crippen LogP contribution in [0.4, 0.5) is 13.2 Å². The second kappa shape index (κ2) is 11.3. The molecule has 0 fully saturated rings. The monoisotopic (exact) mass is 680 g/mol. The highest BCUT2D eigenvalue weighted by Gasteiger charge is 2.36. The molecule has 0 nitrogen and oxygen atoms in total. The molecule has 0 spiro atoms. The molecule has 0 N–H and O–H groups in total. The van der Waals surface area contributed by atoms with E-state index in [-0.39, 0.29) is 10.8 Å². The van der Waals surface area contributed by atoms with E-state index in [9.17, 15) is 13.2 Å². The fourth-order valence-electron chi connectivity index (χ4n) is 8.27. The van der Waals surface area contributed by atoms with Gasteiger partial charge in [-0.1, -0.05) is 146 Å². The van der Waals surface area contributed by atoms with Crippen LogP contribution in [0.25, 0.3) is 96.6 Å². The summed E-state index contributed by atoms with van der Waals surface area (Å²) in [5.41, 5.74) is 5.85. The molecule has 51 heavy (non-hydrogen) atoms. The van der Waals surface area contributed by atoms with Gasteiger partial charge in [0.25, 0.3) is 0 Å². The summed E-state index contributed by atoms with van der Waals surface area (Å²) in [5, 5.41) is 8.51. The molecule has 0 unspecified atom stereocenters. The Labute approximate surface area is 295 Å². The van der Waals surface area contributed by atoms with Crippen LogP contribution >= 0.6 is 11.3 Å². The molecule has 10 aromatic rings. The zero-order valence-electron chi connectivity index (χ0n) is 27.1. The fraction of sp³-hybridized carbons (Fsp3) is 0.0213. The van der Waals surface area contributed by atoms with E-state index in [2.05, 4.69) is 103 Å². The van der Waals surface area contributed by atoms with E-state index in [0.717, 1.165) is 36.9 Å². The summed E-state index contributed by atoms with van der Waals surface area (Å²) in [5.74, 6) is 0. The topological polar surface area (TPSA) is 0 Å². The standard InChI is InChI=1S/C47H27F3S/c48-47(49,50)46-36-21-10-8-19-34(36)44(35-20-9-11-22-37(35)46)38-23-12-24-41-45(38)39-27-29(25-26-40(39)51-41)43-32-17-6-4-15-30(32)42(28-13-2-1-3-14-28)31-16-5-7-18-33(31)43/h1-27H. The Kier molecular flexibility index (Phi) is 6.61. The van der Waals surface area contributed by atoms with Gasteiger partial charge in [-0.2, -0.15) is 13.2 Å². The van der Waals surface area contributed by atoms with E-state index in [1.807, 2.05) is 36.4 Å². The summed E-state index contributed by atoms with van der Waals surface area (Å²) >= 11 is 1.72. The van der Waals surface area contributed by atoms with Gasteiger partial charge in [-0.25, -0.2) is 0 Å². The summed E-state index contributed by atoms with van der Waals surface area (Å²) in [6.45, 7) is 0. The second-order valence-electron chi connectivity index (χ2n) is 13.0. The molecule has 0 aliphatic rings. The number of benzene rings is 9. The first-order chi connectivity index (χ1) is 25.0. The molecular weight excluding hydrogens is 654 g/mol. The van der Waals surface area contributed by atoms with Gasteiger partial charge in [-0.05, 0) is 94.7 Å². The highest BCUT2D eigenvalue weighted by Crippen LogP contribution is 2.50. The van der Waals surface area contributed by atoms with E-state index in [1.165, 1.54) is 38.2 Å². The highest BCUT2D eigenvalue weighted by molar-refractivity contribution is 7.26. The molecule has 0 atom stereocenters. The Hall–Kier alpha value is -5.97. The second-order valence-corrected chi connectivity index (χ2v) is 14.1. The van der Waals surface area contributed by atoms with Crippen molar-refractivity contribution in [2.75, 3.05) is 0 Å². The summed E-state index contributed by atoms with van der Waals surface area (Å²) in [6, 6.07) is 54.7. The number of fused-ring (bicyclic) bond motifs is 7. The van der Waals surface area contributed by atoms with Crippen molar-refractivity contribution >= 4 is 74.6 Å². The maximum Gasteiger partial charge on any atom is 0.417 e. The smallest absolute Gasteiger partial charge is 0.166 e. The average Bonchev–Trinajstić information content (AvgIpc) is 3.54. The van der Waals surface area contributed by atoms with Crippen LogP contribution in [0.1, 0.15) is 5.56 Å². The predicted molar refractivity (Wildman–Crippen MR) is 211 cm³/mol. The summed E-state index contributed by atoms with van der Waals surface area (Å²) < 4.78 is 46.5. The Balaban J connectivity index is 1.31. The Morgan fingerprint density at radius 2 is 0.824 bits per heavy atom. The van der Waals surface area contributed by atoms with E-state index in [1.54, 1.807) is 35.6 Å². The zero-order chi connectivity index (χ0) is 34.3. The zero-order valence-corrected chi connectivity index (χ0v) is 27.9. The van der Waals surface area contributed by atoms with Gasteiger partial charge in [-0.3, -0.25) is 0 Å². The largest absolute Gasteiger partial charge is 0.417 e. The average molecular weight is 681 g/mol. The van der Waals surface area contributed by atoms with E-state index in [0.29, 0.717) is 10.8 Å². The first-order valence-corrected chi connectivity index (χ1v) is 17.7. The van der Waals surface area contributed by atoms with Crippen molar-refractivity contribution in [3.8, 4) is 33.4 Å². The van der Waals surface area contributed by atoms with Crippen LogP contribution in [-0.2, 0) is 6.18 Å². The number of hydrogen-bond donors (Lipinski definition) is 0. The predicted octanol–water partition coefficient (Wildman–Crippen LogP) is 14.7. The first kappa shape index (κ1) is 29.9. The van der Waals surface area contributed by atoms with E-state index < -0.39 is 11.7 Å². The molecule has 0 amide bonds. The van der Waals surface area contributed by atoms with Crippen LogP contribution in [0, 0.1) is 0 Å². The molecule has 0 radical (unpaired) electrons. The Morgan fingerprint density at radius 1 is 0.353 bits per heavy atom. The summed E-state index contributed by atoms with van der Waals surface area (Å²) in [6.07, 6.45) is -4.50. The molecular formula is C47H27F3S. The number of hydrogen-bond acceptors (Lipinski definition) is 1. The first-order valence-electron chi connectivity index (χ1n) is 16.9. The van der Waals surface area contributed by atoms with Crippen LogP contribution in [-0.4, -0.2) is 0 Å². The van der Waals surface area contributed by atoms with Gasteiger partial charge in [-0.15, -0.1) is 11.3 Å². The molecule has 0 bridgehead atoms.